The van der Waals surface area contributed by atoms with Crippen molar-refractivity contribution in [1.82, 2.24) is 0 Å². The molecule has 0 saturated heterocycles. The van der Waals surface area contributed by atoms with Crippen molar-refractivity contribution < 1.29 is 13.2 Å². The summed E-state index contributed by atoms with van der Waals surface area (Å²) in [6.45, 7) is 12.8. The van der Waals surface area contributed by atoms with E-state index in [2.05, 4.69) is 44.5 Å². The topological polar surface area (TPSA) is 12.4 Å². The van der Waals surface area contributed by atoms with E-state index >= 15 is 0 Å². The highest BCUT2D eigenvalue weighted by Crippen LogP contribution is 2.33. The third-order valence-electron chi connectivity index (χ3n) is 5.75. The lowest BCUT2D eigenvalue weighted by atomic mass is 9.96. The Kier molecular flexibility index (Phi) is 12.5. The molecule has 0 radical (unpaired) electrons. The van der Waals surface area contributed by atoms with E-state index in [1.165, 1.54) is 6.07 Å². The van der Waals surface area contributed by atoms with Gasteiger partial charge in [-0.25, -0.2) is 0 Å². The van der Waals surface area contributed by atoms with Crippen molar-refractivity contribution in [2.24, 2.45) is 10.9 Å². The van der Waals surface area contributed by atoms with E-state index in [1.54, 1.807) is 19.1 Å². The fourth-order valence-electron chi connectivity index (χ4n) is 3.43. The van der Waals surface area contributed by atoms with Crippen molar-refractivity contribution in [2.75, 3.05) is 6.54 Å². The summed E-state index contributed by atoms with van der Waals surface area (Å²) in [7, 11) is 0. The first-order valence-corrected chi connectivity index (χ1v) is 11.7. The van der Waals surface area contributed by atoms with Crippen LogP contribution in [0.15, 0.2) is 47.5 Å². The van der Waals surface area contributed by atoms with Gasteiger partial charge in [-0.15, -0.1) is 0 Å². The maximum Gasteiger partial charge on any atom is 0.416 e. The molecule has 0 spiro atoms. The molecule has 0 saturated carbocycles. The van der Waals surface area contributed by atoms with Gasteiger partial charge in [0.15, 0.2) is 0 Å². The lowest BCUT2D eigenvalue weighted by molar-refractivity contribution is -0.138. The zero-order valence-corrected chi connectivity index (χ0v) is 19.8. The van der Waals surface area contributed by atoms with Crippen LogP contribution in [0.1, 0.15) is 95.8 Å². The summed E-state index contributed by atoms with van der Waals surface area (Å²) in [4.78, 5) is 4.53. The molecule has 0 aromatic heterocycles. The summed E-state index contributed by atoms with van der Waals surface area (Å²) >= 11 is 0. The van der Waals surface area contributed by atoms with Gasteiger partial charge in [-0.2, -0.15) is 13.2 Å². The van der Waals surface area contributed by atoms with E-state index in [1.807, 2.05) is 0 Å². The first-order valence-electron chi connectivity index (χ1n) is 11.7. The summed E-state index contributed by atoms with van der Waals surface area (Å²) in [6, 6.07) is 4.65. The summed E-state index contributed by atoms with van der Waals surface area (Å²) in [5.41, 5.74) is 2.02. The van der Waals surface area contributed by atoms with Crippen LogP contribution in [0, 0.1) is 5.92 Å². The van der Waals surface area contributed by atoms with E-state index in [-0.39, 0.29) is 0 Å². The maximum absolute atomic E-state index is 13.7. The molecule has 1 aromatic rings. The van der Waals surface area contributed by atoms with Gasteiger partial charge in [0.2, 0.25) is 0 Å². The highest BCUT2D eigenvalue weighted by molar-refractivity contribution is 5.99. The van der Waals surface area contributed by atoms with Crippen LogP contribution in [0.3, 0.4) is 0 Å². The van der Waals surface area contributed by atoms with Crippen molar-refractivity contribution in [3.8, 4) is 0 Å². The Balaban J connectivity index is 2.82. The zero-order valence-electron chi connectivity index (χ0n) is 19.8. The number of allylic oxidation sites excluding steroid dienone is 2. The second kappa shape index (κ2) is 14.3. The van der Waals surface area contributed by atoms with Gasteiger partial charge in [0.25, 0.3) is 0 Å². The number of benzene rings is 1. The molecule has 1 rings (SSSR count). The van der Waals surface area contributed by atoms with Crippen molar-refractivity contribution >= 4 is 5.71 Å². The van der Waals surface area contributed by atoms with Crippen LogP contribution >= 0.6 is 0 Å². The molecule has 174 valence electrons. The lowest BCUT2D eigenvalue weighted by Crippen LogP contribution is -2.11. The highest BCUT2D eigenvalue weighted by Gasteiger charge is 2.33. The van der Waals surface area contributed by atoms with Crippen molar-refractivity contribution in [3.05, 3.63) is 59.2 Å². The molecule has 0 heterocycles. The Labute approximate surface area is 187 Å². The number of hydrogen-bond acceptors (Lipinski definition) is 1. The first-order chi connectivity index (χ1) is 14.7. The molecule has 1 atom stereocenters. The molecule has 0 amide bonds. The number of rotatable bonds is 14. The van der Waals surface area contributed by atoms with Crippen LogP contribution in [-0.2, 0) is 12.6 Å². The Morgan fingerprint density at radius 2 is 1.71 bits per heavy atom. The van der Waals surface area contributed by atoms with E-state index in [4.69, 9.17) is 0 Å². The number of aryl methyl sites for hydroxylation is 1. The summed E-state index contributed by atoms with van der Waals surface area (Å²) < 4.78 is 41.0. The molecule has 0 aliphatic rings. The molecule has 1 aromatic carbocycles. The second-order valence-corrected chi connectivity index (χ2v) is 8.48. The first kappa shape index (κ1) is 27.2. The molecule has 0 bridgehead atoms. The van der Waals surface area contributed by atoms with Gasteiger partial charge in [-0.05, 0) is 62.1 Å². The number of halogens is 3. The third kappa shape index (κ3) is 10.3. The minimum absolute atomic E-state index is 0.364. The van der Waals surface area contributed by atoms with Crippen LogP contribution in [0.25, 0.3) is 0 Å². The van der Waals surface area contributed by atoms with Gasteiger partial charge in [-0.1, -0.05) is 82.9 Å². The van der Waals surface area contributed by atoms with Crippen LogP contribution < -0.4 is 0 Å². The minimum Gasteiger partial charge on any atom is -0.285 e. The molecule has 0 aliphatic heterocycles. The highest BCUT2D eigenvalue weighted by atomic mass is 19.4. The monoisotopic (exact) mass is 435 g/mol. The fraction of sp³-hybridized carbons (Fsp3) is 0.593. The summed E-state index contributed by atoms with van der Waals surface area (Å²) in [6.07, 6.45) is 8.52. The van der Waals surface area contributed by atoms with E-state index < -0.39 is 11.7 Å². The summed E-state index contributed by atoms with van der Waals surface area (Å²) in [5, 5.41) is 0. The van der Waals surface area contributed by atoms with Gasteiger partial charge in [0.1, 0.15) is 0 Å². The van der Waals surface area contributed by atoms with Gasteiger partial charge >= 0.3 is 6.18 Å². The van der Waals surface area contributed by atoms with Crippen LogP contribution in [0.2, 0.25) is 0 Å². The molecule has 0 aliphatic carbocycles. The van der Waals surface area contributed by atoms with Crippen molar-refractivity contribution in [1.29, 1.82) is 0 Å². The predicted molar refractivity (Wildman–Crippen MR) is 128 cm³/mol. The zero-order chi connectivity index (χ0) is 23.3. The number of unbranched alkanes of at least 4 members (excludes halogenated alkanes) is 4. The van der Waals surface area contributed by atoms with E-state index in [0.29, 0.717) is 42.1 Å². The molecule has 4 heteroatoms. The standard InChI is InChI=1S/C27H40F3N/c1-6-8-10-11-12-13-14-16-24-17-18-25(19-26(24)27(28,29)30)23(5)31-20-22(4)21(3)15-9-7-2/h11-12,17-19,21H,4,6-10,13-16,20H2,1-3,5H3/b12-11-,31-23?. The number of nitrogens with zero attached hydrogens (tertiary/aromatic N) is 1. The van der Waals surface area contributed by atoms with Crippen molar-refractivity contribution in [3.63, 3.8) is 0 Å². The quantitative estimate of drug-likeness (QED) is 0.157. The van der Waals surface area contributed by atoms with Gasteiger partial charge in [0.05, 0.1) is 12.1 Å². The normalized spacial score (nSPS) is 13.7. The second-order valence-electron chi connectivity index (χ2n) is 8.48. The molecule has 1 unspecified atom stereocenters. The average molecular weight is 436 g/mol. The summed E-state index contributed by atoms with van der Waals surface area (Å²) in [5.74, 6) is 0.376. The molecular weight excluding hydrogens is 395 g/mol. The van der Waals surface area contributed by atoms with E-state index in [9.17, 15) is 13.2 Å². The Morgan fingerprint density at radius 1 is 1.06 bits per heavy atom. The SMILES string of the molecule is C=C(CN=C(C)c1ccc(CCC/C=C\CCCC)c(C(F)(F)F)c1)C(C)CCCC. The van der Waals surface area contributed by atoms with Gasteiger partial charge < -0.3 is 0 Å². The fourth-order valence-corrected chi connectivity index (χ4v) is 3.43. The van der Waals surface area contributed by atoms with Gasteiger partial charge in [-0.3, -0.25) is 4.99 Å². The number of aliphatic imine (C=N–C) groups is 1. The third-order valence-corrected chi connectivity index (χ3v) is 5.75. The predicted octanol–water partition coefficient (Wildman–Crippen LogP) is 8.97. The maximum atomic E-state index is 13.7. The van der Waals surface area contributed by atoms with Crippen molar-refractivity contribution in [2.45, 2.75) is 91.7 Å². The molecule has 0 fully saturated rings. The van der Waals surface area contributed by atoms with E-state index in [0.717, 1.165) is 50.5 Å². The number of hydrogen-bond donors (Lipinski definition) is 0. The Bertz CT molecular complexity index is 728. The van der Waals surface area contributed by atoms with Crippen LogP contribution in [0.5, 0.6) is 0 Å². The average Bonchev–Trinajstić information content (AvgIpc) is 2.74. The smallest absolute Gasteiger partial charge is 0.285 e. The molecule has 1 nitrogen and oxygen atoms in total. The van der Waals surface area contributed by atoms with Crippen LogP contribution in [-0.4, -0.2) is 12.3 Å². The Hall–Kier alpha value is -1.84. The lowest BCUT2D eigenvalue weighted by Gasteiger charge is -2.15. The largest absolute Gasteiger partial charge is 0.416 e. The molecular formula is C27H40F3N. The minimum atomic E-state index is -4.36. The van der Waals surface area contributed by atoms with Crippen LogP contribution in [0.4, 0.5) is 13.2 Å². The Morgan fingerprint density at radius 3 is 2.32 bits per heavy atom. The molecule has 31 heavy (non-hydrogen) atoms. The number of alkyl halides is 3. The van der Waals surface area contributed by atoms with Gasteiger partial charge in [0, 0.05) is 5.71 Å². The molecule has 0 N–H and O–H groups in total.